The van der Waals surface area contributed by atoms with Gasteiger partial charge >= 0.3 is 17.9 Å². The summed E-state index contributed by atoms with van der Waals surface area (Å²) in [6.07, 6.45) is 87.9. The maximum atomic E-state index is 12.9. The van der Waals surface area contributed by atoms with Crippen LogP contribution in [0.2, 0.25) is 0 Å². The highest BCUT2D eigenvalue weighted by Crippen LogP contribution is 2.18. The number of rotatable bonds is 63. The Labute approximate surface area is 491 Å². The predicted molar refractivity (Wildman–Crippen MR) is 344 cm³/mol. The molecule has 0 bridgehead atoms. The highest BCUT2D eigenvalue weighted by molar-refractivity contribution is 5.71. The lowest BCUT2D eigenvalue weighted by atomic mass is 10.0. The molecule has 1 atom stereocenters. The van der Waals surface area contributed by atoms with Crippen molar-refractivity contribution in [3.05, 3.63) is 72.9 Å². The van der Waals surface area contributed by atoms with E-state index in [2.05, 4.69) is 93.7 Å². The molecule has 1 unspecified atom stereocenters. The van der Waals surface area contributed by atoms with Crippen molar-refractivity contribution < 1.29 is 28.6 Å². The minimum absolute atomic E-state index is 0.0673. The van der Waals surface area contributed by atoms with Gasteiger partial charge in [-0.15, -0.1) is 0 Å². The van der Waals surface area contributed by atoms with Gasteiger partial charge < -0.3 is 14.2 Å². The van der Waals surface area contributed by atoms with Gasteiger partial charge in [-0.05, 0) is 70.6 Å². The lowest BCUT2D eigenvalue weighted by molar-refractivity contribution is -0.167. The van der Waals surface area contributed by atoms with Crippen molar-refractivity contribution in [2.24, 2.45) is 0 Å². The zero-order valence-corrected chi connectivity index (χ0v) is 52.6. The molecule has 6 heteroatoms. The van der Waals surface area contributed by atoms with Gasteiger partial charge in [0, 0.05) is 19.3 Å². The number of carbonyl (C=O) groups excluding carboxylic acids is 3. The molecule has 0 saturated heterocycles. The summed E-state index contributed by atoms with van der Waals surface area (Å²) in [4.78, 5) is 38.3. The second-order valence-electron chi connectivity index (χ2n) is 23.1. The monoisotopic (exact) mass is 1100 g/mol. The van der Waals surface area contributed by atoms with Gasteiger partial charge in [0.2, 0.25) is 0 Å². The van der Waals surface area contributed by atoms with Crippen molar-refractivity contribution in [1.29, 1.82) is 0 Å². The highest BCUT2D eigenvalue weighted by atomic mass is 16.6. The minimum atomic E-state index is -0.769. The molecule has 0 N–H and O–H groups in total. The molecular formula is C73H130O6. The molecule has 0 aromatic heterocycles. The van der Waals surface area contributed by atoms with Crippen molar-refractivity contribution in [3.8, 4) is 0 Å². The number of esters is 3. The molecule has 79 heavy (non-hydrogen) atoms. The Kier molecular flexibility index (Phi) is 64.7. The van der Waals surface area contributed by atoms with E-state index in [0.29, 0.717) is 19.3 Å². The standard InChI is InChI=1S/C73H130O6/c1-4-7-10-13-16-19-22-25-27-28-29-30-31-32-33-34-35-36-37-38-39-40-41-42-43-44-45-46-47-49-51-54-57-60-63-66-72(75)78-69-70(68-77-71(74)65-62-59-56-53-50-24-21-18-15-12-9-6-3)79-73(76)67-64-61-58-55-52-48-26-23-20-17-14-11-8-5-2/h7,10,16,19,25,27,29-30,32-33,35-36,70H,4-6,8-9,11-15,17-18,20-24,26,28,31,34,37-69H2,1-3H3/b10-7-,19-16-,27-25-,30-29-,33-32-,36-35-. The van der Waals surface area contributed by atoms with Crippen LogP contribution >= 0.6 is 0 Å². The molecule has 0 saturated carbocycles. The largest absolute Gasteiger partial charge is 0.462 e. The van der Waals surface area contributed by atoms with E-state index in [0.717, 1.165) is 96.3 Å². The molecule has 0 aliphatic rings. The number of hydrogen-bond donors (Lipinski definition) is 0. The van der Waals surface area contributed by atoms with E-state index in [4.69, 9.17) is 14.2 Å². The van der Waals surface area contributed by atoms with Crippen molar-refractivity contribution in [3.63, 3.8) is 0 Å². The molecule has 0 aromatic carbocycles. The van der Waals surface area contributed by atoms with Crippen LogP contribution < -0.4 is 0 Å². The second kappa shape index (κ2) is 67.4. The predicted octanol–water partition coefficient (Wildman–Crippen LogP) is 23.7. The Morgan fingerprint density at radius 1 is 0.266 bits per heavy atom. The smallest absolute Gasteiger partial charge is 0.306 e. The fraction of sp³-hybridized carbons (Fsp3) is 0.795. The SMILES string of the molecule is CC/C=C\C/C=C\C/C=C\C/C=C\C/C=C\C/C=C\CCCCCCCCCCCCCCCCCCC(=O)OCC(COC(=O)CCCCCCCCCCCCCC)OC(=O)CCCCCCCCCCCCCCCC. The molecule has 0 rings (SSSR count). The van der Waals surface area contributed by atoms with Gasteiger partial charge in [-0.25, -0.2) is 0 Å². The summed E-state index contributed by atoms with van der Waals surface area (Å²) in [7, 11) is 0. The summed E-state index contributed by atoms with van der Waals surface area (Å²) < 4.78 is 16.9. The molecular weight excluding hydrogens is 973 g/mol. The van der Waals surface area contributed by atoms with Gasteiger partial charge in [0.25, 0.3) is 0 Å². The van der Waals surface area contributed by atoms with Crippen molar-refractivity contribution in [2.45, 2.75) is 361 Å². The van der Waals surface area contributed by atoms with Crippen molar-refractivity contribution in [1.82, 2.24) is 0 Å². The van der Waals surface area contributed by atoms with Crippen molar-refractivity contribution in [2.75, 3.05) is 13.2 Å². The van der Waals surface area contributed by atoms with Crippen LogP contribution in [0.25, 0.3) is 0 Å². The van der Waals surface area contributed by atoms with Crippen LogP contribution in [-0.4, -0.2) is 37.2 Å². The van der Waals surface area contributed by atoms with E-state index in [1.165, 1.54) is 218 Å². The third-order valence-corrected chi connectivity index (χ3v) is 15.2. The van der Waals surface area contributed by atoms with Gasteiger partial charge in [-0.1, -0.05) is 338 Å². The molecule has 6 nitrogen and oxygen atoms in total. The zero-order valence-electron chi connectivity index (χ0n) is 52.6. The average Bonchev–Trinajstić information content (AvgIpc) is 3.45. The molecule has 0 aliphatic heterocycles. The summed E-state index contributed by atoms with van der Waals surface area (Å²) >= 11 is 0. The first kappa shape index (κ1) is 75.8. The van der Waals surface area contributed by atoms with Crippen LogP contribution in [0.15, 0.2) is 72.9 Å². The lowest BCUT2D eigenvalue weighted by Crippen LogP contribution is -2.30. The van der Waals surface area contributed by atoms with E-state index in [1.54, 1.807) is 0 Å². The Morgan fingerprint density at radius 2 is 0.494 bits per heavy atom. The number of ether oxygens (including phenoxy) is 3. The molecule has 0 aromatic rings. The highest BCUT2D eigenvalue weighted by Gasteiger charge is 2.19. The summed E-state index contributed by atoms with van der Waals surface area (Å²) in [5.41, 5.74) is 0. The lowest BCUT2D eigenvalue weighted by Gasteiger charge is -2.18. The topological polar surface area (TPSA) is 78.9 Å². The van der Waals surface area contributed by atoms with Gasteiger partial charge in [-0.2, -0.15) is 0 Å². The van der Waals surface area contributed by atoms with Crippen LogP contribution in [0, 0.1) is 0 Å². The first-order chi connectivity index (χ1) is 39.0. The number of carbonyl (C=O) groups is 3. The number of hydrogen-bond acceptors (Lipinski definition) is 6. The Balaban J connectivity index is 4.08. The molecule has 0 amide bonds. The summed E-state index contributed by atoms with van der Waals surface area (Å²) in [6.45, 7) is 6.57. The Morgan fingerprint density at radius 3 is 0.772 bits per heavy atom. The zero-order chi connectivity index (χ0) is 57.1. The van der Waals surface area contributed by atoms with E-state index in [9.17, 15) is 14.4 Å². The third-order valence-electron chi connectivity index (χ3n) is 15.2. The number of allylic oxidation sites excluding steroid dienone is 12. The van der Waals surface area contributed by atoms with Gasteiger partial charge in [0.05, 0.1) is 0 Å². The molecule has 0 spiro atoms. The molecule has 0 heterocycles. The molecule has 458 valence electrons. The van der Waals surface area contributed by atoms with E-state index in [-0.39, 0.29) is 31.1 Å². The van der Waals surface area contributed by atoms with Crippen LogP contribution in [-0.2, 0) is 28.6 Å². The third kappa shape index (κ3) is 65.5. The van der Waals surface area contributed by atoms with Crippen LogP contribution in [0.3, 0.4) is 0 Å². The quantitative estimate of drug-likeness (QED) is 0.0261. The average molecular weight is 1100 g/mol. The van der Waals surface area contributed by atoms with E-state index < -0.39 is 6.10 Å². The Hall–Kier alpha value is -3.15. The summed E-state index contributed by atoms with van der Waals surface area (Å²) in [6, 6.07) is 0. The first-order valence-corrected chi connectivity index (χ1v) is 34.4. The molecule has 0 aliphatic carbocycles. The molecule has 0 fully saturated rings. The van der Waals surface area contributed by atoms with Crippen LogP contribution in [0.4, 0.5) is 0 Å². The van der Waals surface area contributed by atoms with Crippen LogP contribution in [0.1, 0.15) is 355 Å². The summed E-state index contributed by atoms with van der Waals surface area (Å²) in [5, 5.41) is 0. The van der Waals surface area contributed by atoms with Gasteiger partial charge in [-0.3, -0.25) is 14.4 Å². The maximum Gasteiger partial charge on any atom is 0.306 e. The molecule has 0 radical (unpaired) electrons. The van der Waals surface area contributed by atoms with Gasteiger partial charge in [0.1, 0.15) is 13.2 Å². The van der Waals surface area contributed by atoms with Crippen LogP contribution in [0.5, 0.6) is 0 Å². The second-order valence-corrected chi connectivity index (χ2v) is 23.1. The normalized spacial score (nSPS) is 12.5. The van der Waals surface area contributed by atoms with Crippen molar-refractivity contribution >= 4 is 17.9 Å². The van der Waals surface area contributed by atoms with E-state index in [1.807, 2.05) is 0 Å². The fourth-order valence-corrected chi connectivity index (χ4v) is 10.1. The Bertz CT molecular complexity index is 1450. The van der Waals surface area contributed by atoms with E-state index >= 15 is 0 Å². The first-order valence-electron chi connectivity index (χ1n) is 34.4. The summed E-state index contributed by atoms with van der Waals surface area (Å²) in [5.74, 6) is -0.845. The fourth-order valence-electron chi connectivity index (χ4n) is 10.1. The minimum Gasteiger partial charge on any atom is -0.462 e. The van der Waals surface area contributed by atoms with Gasteiger partial charge in [0.15, 0.2) is 6.10 Å². The maximum absolute atomic E-state index is 12.9. The number of unbranched alkanes of at least 4 members (excludes halogenated alkanes) is 40.